The number of nitrogens with zero attached hydrogens (tertiary/aromatic N) is 1. The lowest BCUT2D eigenvalue weighted by Gasteiger charge is -2.43. The van der Waals surface area contributed by atoms with Crippen molar-refractivity contribution in [3.05, 3.63) is 0 Å². The SMILES string of the molecule is CCCCCCNCCN1CCOC2CCCCC21. The molecule has 1 saturated heterocycles. The topological polar surface area (TPSA) is 24.5 Å². The smallest absolute Gasteiger partial charge is 0.0730 e. The molecule has 2 rings (SSSR count). The van der Waals surface area contributed by atoms with E-state index < -0.39 is 0 Å². The van der Waals surface area contributed by atoms with Crippen LogP contribution in [-0.2, 0) is 4.74 Å². The van der Waals surface area contributed by atoms with Crippen molar-refractivity contribution in [3.8, 4) is 0 Å². The maximum atomic E-state index is 5.92. The van der Waals surface area contributed by atoms with Gasteiger partial charge in [-0.25, -0.2) is 0 Å². The molecule has 3 heteroatoms. The predicted octanol–water partition coefficient (Wildman–Crippen LogP) is 2.80. The molecule has 2 atom stereocenters. The number of hydrogen-bond donors (Lipinski definition) is 1. The second-order valence-electron chi connectivity index (χ2n) is 6.11. The van der Waals surface area contributed by atoms with Crippen molar-refractivity contribution in [1.29, 1.82) is 0 Å². The van der Waals surface area contributed by atoms with Gasteiger partial charge in [0.25, 0.3) is 0 Å². The molecule has 0 amide bonds. The lowest BCUT2D eigenvalue weighted by atomic mass is 9.90. The lowest BCUT2D eigenvalue weighted by molar-refractivity contribution is -0.0873. The molecule has 1 heterocycles. The van der Waals surface area contributed by atoms with E-state index in [0.717, 1.165) is 19.7 Å². The van der Waals surface area contributed by atoms with E-state index in [9.17, 15) is 0 Å². The number of fused-ring (bicyclic) bond motifs is 1. The standard InChI is InChI=1S/C16H32N2O/c1-2-3-4-7-10-17-11-12-18-13-14-19-16-9-6-5-8-15(16)18/h15-17H,2-14H2,1H3. The van der Waals surface area contributed by atoms with Gasteiger partial charge in [0.2, 0.25) is 0 Å². The van der Waals surface area contributed by atoms with Crippen molar-refractivity contribution in [1.82, 2.24) is 10.2 Å². The van der Waals surface area contributed by atoms with Gasteiger partial charge in [-0.05, 0) is 25.8 Å². The molecule has 3 nitrogen and oxygen atoms in total. The number of morpholine rings is 1. The Labute approximate surface area is 119 Å². The van der Waals surface area contributed by atoms with E-state index in [-0.39, 0.29) is 0 Å². The van der Waals surface area contributed by atoms with Gasteiger partial charge >= 0.3 is 0 Å². The maximum absolute atomic E-state index is 5.92. The normalized spacial score (nSPS) is 28.3. The zero-order valence-electron chi connectivity index (χ0n) is 12.7. The van der Waals surface area contributed by atoms with E-state index >= 15 is 0 Å². The van der Waals surface area contributed by atoms with Gasteiger partial charge in [0, 0.05) is 25.7 Å². The summed E-state index contributed by atoms with van der Waals surface area (Å²) in [4.78, 5) is 2.67. The van der Waals surface area contributed by atoms with E-state index in [1.165, 1.54) is 64.5 Å². The van der Waals surface area contributed by atoms with Crippen LogP contribution in [0.5, 0.6) is 0 Å². The summed E-state index contributed by atoms with van der Waals surface area (Å²) in [6.07, 6.45) is 11.4. The first kappa shape index (κ1) is 15.3. The average Bonchev–Trinajstić information content (AvgIpc) is 2.46. The summed E-state index contributed by atoms with van der Waals surface area (Å²) in [6, 6.07) is 0.712. The molecule has 1 aliphatic heterocycles. The molecule has 1 saturated carbocycles. The van der Waals surface area contributed by atoms with E-state index in [2.05, 4.69) is 17.1 Å². The zero-order valence-corrected chi connectivity index (χ0v) is 12.7. The van der Waals surface area contributed by atoms with Gasteiger partial charge in [0.1, 0.15) is 0 Å². The summed E-state index contributed by atoms with van der Waals surface area (Å²) in [5.74, 6) is 0. The molecule has 19 heavy (non-hydrogen) atoms. The van der Waals surface area contributed by atoms with Gasteiger partial charge < -0.3 is 10.1 Å². The van der Waals surface area contributed by atoms with E-state index in [0.29, 0.717) is 12.1 Å². The van der Waals surface area contributed by atoms with Gasteiger partial charge in [-0.1, -0.05) is 39.0 Å². The van der Waals surface area contributed by atoms with Crippen molar-refractivity contribution in [3.63, 3.8) is 0 Å². The van der Waals surface area contributed by atoms with Crippen LogP contribution in [0.1, 0.15) is 58.3 Å². The van der Waals surface area contributed by atoms with Crippen LogP contribution in [0.3, 0.4) is 0 Å². The molecule has 1 aliphatic carbocycles. The minimum Gasteiger partial charge on any atom is -0.375 e. The van der Waals surface area contributed by atoms with Gasteiger partial charge in [-0.2, -0.15) is 0 Å². The van der Waals surface area contributed by atoms with E-state index in [1.807, 2.05) is 0 Å². The average molecular weight is 268 g/mol. The highest BCUT2D eigenvalue weighted by Gasteiger charge is 2.33. The van der Waals surface area contributed by atoms with E-state index in [1.54, 1.807) is 0 Å². The summed E-state index contributed by atoms with van der Waals surface area (Å²) in [5, 5.41) is 3.60. The highest BCUT2D eigenvalue weighted by atomic mass is 16.5. The van der Waals surface area contributed by atoms with Crippen LogP contribution in [0.2, 0.25) is 0 Å². The van der Waals surface area contributed by atoms with Crippen LogP contribution >= 0.6 is 0 Å². The summed E-state index contributed by atoms with van der Waals surface area (Å²) in [6.45, 7) is 7.90. The predicted molar refractivity (Wildman–Crippen MR) is 80.6 cm³/mol. The molecule has 0 aromatic heterocycles. The van der Waals surface area contributed by atoms with Crippen LogP contribution in [0.25, 0.3) is 0 Å². The third kappa shape index (κ3) is 5.05. The minimum atomic E-state index is 0.534. The molecular formula is C16H32N2O. The van der Waals surface area contributed by atoms with Crippen LogP contribution in [0.15, 0.2) is 0 Å². The summed E-state index contributed by atoms with van der Waals surface area (Å²) in [5.41, 5.74) is 0. The van der Waals surface area contributed by atoms with Crippen LogP contribution in [0, 0.1) is 0 Å². The van der Waals surface area contributed by atoms with Crippen molar-refractivity contribution in [2.45, 2.75) is 70.4 Å². The van der Waals surface area contributed by atoms with Crippen molar-refractivity contribution in [2.75, 3.05) is 32.8 Å². The van der Waals surface area contributed by atoms with E-state index in [4.69, 9.17) is 4.74 Å². The molecule has 2 unspecified atom stereocenters. The molecule has 1 N–H and O–H groups in total. The quantitative estimate of drug-likeness (QED) is 0.685. The molecule has 0 spiro atoms. The number of rotatable bonds is 8. The first-order chi connectivity index (χ1) is 9.42. The Morgan fingerprint density at radius 3 is 2.89 bits per heavy atom. The van der Waals surface area contributed by atoms with Crippen LogP contribution in [0.4, 0.5) is 0 Å². The third-order valence-corrected chi connectivity index (χ3v) is 4.63. The Morgan fingerprint density at radius 1 is 1.11 bits per heavy atom. The van der Waals surface area contributed by atoms with Gasteiger partial charge in [0.15, 0.2) is 0 Å². The Hall–Kier alpha value is -0.120. The molecule has 0 bridgehead atoms. The second kappa shape index (κ2) is 8.93. The van der Waals surface area contributed by atoms with Gasteiger partial charge in [0.05, 0.1) is 12.7 Å². The lowest BCUT2D eigenvalue weighted by Crippen LogP contribution is -2.54. The summed E-state index contributed by atoms with van der Waals surface area (Å²) < 4.78 is 5.92. The molecule has 0 radical (unpaired) electrons. The third-order valence-electron chi connectivity index (χ3n) is 4.63. The highest BCUT2D eigenvalue weighted by Crippen LogP contribution is 2.27. The molecule has 0 aromatic rings. The monoisotopic (exact) mass is 268 g/mol. The number of unbranched alkanes of at least 4 members (excludes halogenated alkanes) is 3. The summed E-state index contributed by atoms with van der Waals surface area (Å²) in [7, 11) is 0. The molecule has 2 fully saturated rings. The number of nitrogens with one attached hydrogen (secondary N) is 1. The Morgan fingerprint density at radius 2 is 2.00 bits per heavy atom. The minimum absolute atomic E-state index is 0.534. The molecular weight excluding hydrogens is 236 g/mol. The first-order valence-electron chi connectivity index (χ1n) is 8.48. The highest BCUT2D eigenvalue weighted by molar-refractivity contribution is 4.87. The molecule has 2 aliphatic rings. The molecule has 112 valence electrons. The van der Waals surface area contributed by atoms with Gasteiger partial charge in [-0.3, -0.25) is 4.90 Å². The fourth-order valence-corrected chi connectivity index (χ4v) is 3.48. The first-order valence-corrected chi connectivity index (χ1v) is 8.48. The zero-order chi connectivity index (χ0) is 13.3. The maximum Gasteiger partial charge on any atom is 0.0730 e. The largest absolute Gasteiger partial charge is 0.375 e. The van der Waals surface area contributed by atoms with Crippen molar-refractivity contribution in [2.24, 2.45) is 0 Å². The van der Waals surface area contributed by atoms with Crippen LogP contribution < -0.4 is 5.32 Å². The number of ether oxygens (including phenoxy) is 1. The Kier molecular flexibility index (Phi) is 7.18. The fraction of sp³-hybridized carbons (Fsp3) is 1.00. The second-order valence-corrected chi connectivity index (χ2v) is 6.11. The fourth-order valence-electron chi connectivity index (χ4n) is 3.48. The Balaban J connectivity index is 1.56. The van der Waals surface area contributed by atoms with Crippen molar-refractivity contribution < 1.29 is 4.74 Å². The summed E-state index contributed by atoms with van der Waals surface area (Å²) >= 11 is 0. The van der Waals surface area contributed by atoms with Gasteiger partial charge in [-0.15, -0.1) is 0 Å². The van der Waals surface area contributed by atoms with Crippen molar-refractivity contribution >= 4 is 0 Å². The van der Waals surface area contributed by atoms with Crippen LogP contribution in [-0.4, -0.2) is 49.8 Å². The number of hydrogen-bond acceptors (Lipinski definition) is 3. The Bertz CT molecular complexity index is 233. The molecule has 0 aromatic carbocycles.